The molecule has 226 valence electrons. The molecule has 0 bridgehead atoms. The predicted molar refractivity (Wildman–Crippen MR) is 159 cm³/mol. The minimum atomic E-state index is -1.07. The Morgan fingerprint density at radius 2 is 1.74 bits per heavy atom. The SMILES string of the molecule is COC(=O)c1ccc(OC(OC(C)=O)[C@@H]2CCCN2C(=O)Cc2ccc(N(C(N)=O)c3ccccc3Cl)c(OC)c2)cc1. The highest BCUT2D eigenvalue weighted by molar-refractivity contribution is 6.34. The first-order chi connectivity index (χ1) is 20.6. The highest BCUT2D eigenvalue weighted by atomic mass is 35.5. The van der Waals surface area contributed by atoms with Crippen molar-refractivity contribution in [1.82, 2.24) is 4.90 Å². The van der Waals surface area contributed by atoms with Crippen LogP contribution in [-0.4, -0.2) is 61.9 Å². The molecule has 4 rings (SSSR count). The standard InChI is InChI=1S/C31H32ClN3O8/c1-19(36)42-30(43-22-13-11-21(12-14-22)29(38)41-3)26-9-6-16-34(26)28(37)18-20-10-15-25(27(17-20)40-2)35(31(33)39)24-8-5-4-7-23(24)32/h4-5,7-8,10-15,17,26,30H,6,9,16,18H2,1-3H3,(H2,33,39)/t26-,30?/m0/s1. The van der Waals surface area contributed by atoms with Crippen molar-refractivity contribution in [2.45, 2.75) is 38.5 Å². The number of amides is 3. The largest absolute Gasteiger partial charge is 0.495 e. The number of benzene rings is 3. The molecule has 12 heteroatoms. The lowest BCUT2D eigenvalue weighted by atomic mass is 10.1. The van der Waals surface area contributed by atoms with Crippen LogP contribution in [0.2, 0.25) is 5.02 Å². The highest BCUT2D eigenvalue weighted by Crippen LogP contribution is 2.38. The van der Waals surface area contributed by atoms with Gasteiger partial charge in [0.1, 0.15) is 17.5 Å². The lowest BCUT2D eigenvalue weighted by molar-refractivity contribution is -0.172. The zero-order valence-corrected chi connectivity index (χ0v) is 24.7. The van der Waals surface area contributed by atoms with E-state index in [-0.39, 0.29) is 12.3 Å². The van der Waals surface area contributed by atoms with Gasteiger partial charge in [-0.05, 0) is 66.9 Å². The predicted octanol–water partition coefficient (Wildman–Crippen LogP) is 4.85. The number of likely N-dealkylation sites (tertiary alicyclic amines) is 1. The summed E-state index contributed by atoms with van der Waals surface area (Å²) in [6.07, 6.45) is 0.185. The van der Waals surface area contributed by atoms with Crippen molar-refractivity contribution in [3.8, 4) is 11.5 Å². The maximum Gasteiger partial charge on any atom is 0.337 e. The van der Waals surface area contributed by atoms with Gasteiger partial charge >= 0.3 is 18.0 Å². The zero-order chi connectivity index (χ0) is 31.1. The molecule has 1 aliphatic heterocycles. The van der Waals surface area contributed by atoms with Crippen LogP contribution in [0.25, 0.3) is 0 Å². The summed E-state index contributed by atoms with van der Waals surface area (Å²) in [6.45, 7) is 1.72. The van der Waals surface area contributed by atoms with Crippen LogP contribution < -0.4 is 20.1 Å². The lowest BCUT2D eigenvalue weighted by Crippen LogP contribution is -2.47. The topological polar surface area (TPSA) is 138 Å². The molecule has 0 aromatic heterocycles. The van der Waals surface area contributed by atoms with Crippen LogP contribution in [0, 0.1) is 0 Å². The first-order valence-corrected chi connectivity index (χ1v) is 13.8. The van der Waals surface area contributed by atoms with Crippen molar-refractivity contribution in [2.75, 3.05) is 25.7 Å². The van der Waals surface area contributed by atoms with Crippen molar-refractivity contribution in [3.05, 3.63) is 82.9 Å². The average molecular weight is 610 g/mol. The summed E-state index contributed by atoms with van der Waals surface area (Å²) in [5, 5.41) is 0.326. The van der Waals surface area contributed by atoms with E-state index < -0.39 is 30.3 Å². The number of hydrogen-bond acceptors (Lipinski definition) is 8. The van der Waals surface area contributed by atoms with Crippen LogP contribution in [-0.2, 0) is 25.5 Å². The average Bonchev–Trinajstić information content (AvgIpc) is 3.48. The summed E-state index contributed by atoms with van der Waals surface area (Å²) in [6, 6.07) is 16.7. The Morgan fingerprint density at radius 1 is 1.02 bits per heavy atom. The molecule has 0 radical (unpaired) electrons. The van der Waals surface area contributed by atoms with Gasteiger partial charge < -0.3 is 29.6 Å². The number of hydrogen-bond donors (Lipinski definition) is 1. The second-order valence-electron chi connectivity index (χ2n) is 9.72. The number of carbonyl (C=O) groups is 4. The van der Waals surface area contributed by atoms with Crippen LogP contribution in [0.15, 0.2) is 66.7 Å². The molecule has 1 heterocycles. The van der Waals surface area contributed by atoms with Gasteiger partial charge in [-0.3, -0.25) is 14.5 Å². The van der Waals surface area contributed by atoms with Gasteiger partial charge in [-0.2, -0.15) is 0 Å². The molecule has 1 fully saturated rings. The Balaban J connectivity index is 1.53. The molecular weight excluding hydrogens is 578 g/mol. The lowest BCUT2D eigenvalue weighted by Gasteiger charge is -2.31. The van der Waals surface area contributed by atoms with E-state index in [0.29, 0.717) is 58.4 Å². The fourth-order valence-electron chi connectivity index (χ4n) is 4.94. The summed E-state index contributed by atoms with van der Waals surface area (Å²) in [4.78, 5) is 52.6. The maximum atomic E-state index is 13.5. The molecule has 0 spiro atoms. The van der Waals surface area contributed by atoms with E-state index in [1.807, 2.05) is 0 Å². The summed E-state index contributed by atoms with van der Waals surface area (Å²) in [5.41, 5.74) is 7.41. The summed E-state index contributed by atoms with van der Waals surface area (Å²) in [5.74, 6) is -0.591. The molecule has 3 amide bonds. The first kappa shape index (κ1) is 31.2. The van der Waals surface area contributed by atoms with Crippen LogP contribution in [0.5, 0.6) is 11.5 Å². The van der Waals surface area contributed by atoms with Gasteiger partial charge in [0, 0.05) is 13.5 Å². The molecule has 1 unspecified atom stereocenters. The van der Waals surface area contributed by atoms with E-state index in [2.05, 4.69) is 0 Å². The highest BCUT2D eigenvalue weighted by Gasteiger charge is 2.38. The van der Waals surface area contributed by atoms with Crippen molar-refractivity contribution in [1.29, 1.82) is 0 Å². The van der Waals surface area contributed by atoms with Gasteiger partial charge in [-0.15, -0.1) is 0 Å². The smallest absolute Gasteiger partial charge is 0.337 e. The third-order valence-corrected chi connectivity index (χ3v) is 7.22. The van der Waals surface area contributed by atoms with Crippen LogP contribution in [0.4, 0.5) is 16.2 Å². The quantitative estimate of drug-likeness (QED) is 0.254. The second-order valence-corrected chi connectivity index (χ2v) is 10.1. The number of urea groups is 1. The van der Waals surface area contributed by atoms with Gasteiger partial charge in [0.05, 0.1) is 42.6 Å². The van der Waals surface area contributed by atoms with Crippen LogP contribution >= 0.6 is 11.6 Å². The minimum Gasteiger partial charge on any atom is -0.495 e. The van der Waals surface area contributed by atoms with Crippen LogP contribution in [0.1, 0.15) is 35.7 Å². The van der Waals surface area contributed by atoms with Gasteiger partial charge in [-0.25, -0.2) is 9.59 Å². The monoisotopic (exact) mass is 609 g/mol. The van der Waals surface area contributed by atoms with Crippen molar-refractivity contribution < 1.29 is 38.1 Å². The molecule has 0 aliphatic carbocycles. The Hall–Kier alpha value is -4.77. The molecule has 43 heavy (non-hydrogen) atoms. The normalized spacial score (nSPS) is 14.9. The van der Waals surface area contributed by atoms with E-state index in [9.17, 15) is 19.2 Å². The Labute approximate surface area is 254 Å². The molecule has 1 aliphatic rings. The molecule has 2 atom stereocenters. The number of halogens is 1. The third-order valence-electron chi connectivity index (χ3n) is 6.90. The van der Waals surface area contributed by atoms with E-state index >= 15 is 0 Å². The fraction of sp³-hybridized carbons (Fsp3) is 0.290. The van der Waals surface area contributed by atoms with E-state index in [1.165, 1.54) is 38.2 Å². The number of anilines is 2. The first-order valence-electron chi connectivity index (χ1n) is 13.5. The summed E-state index contributed by atoms with van der Waals surface area (Å²) >= 11 is 6.33. The Bertz CT molecular complexity index is 1500. The van der Waals surface area contributed by atoms with Gasteiger partial charge in [0.25, 0.3) is 6.29 Å². The molecular formula is C31H32ClN3O8. The molecule has 2 N–H and O–H groups in total. The van der Waals surface area contributed by atoms with E-state index in [0.717, 1.165) is 0 Å². The molecule has 3 aromatic carbocycles. The minimum absolute atomic E-state index is 0.0103. The van der Waals surface area contributed by atoms with Crippen molar-refractivity contribution >= 4 is 46.9 Å². The Kier molecular flexibility index (Phi) is 10.1. The molecule has 0 saturated carbocycles. The summed E-state index contributed by atoms with van der Waals surface area (Å²) in [7, 11) is 2.74. The number of nitrogens with zero attached hydrogens (tertiary/aromatic N) is 2. The number of rotatable bonds is 10. The third kappa shape index (κ3) is 7.36. The number of ether oxygens (including phenoxy) is 4. The molecule has 3 aromatic rings. The van der Waals surface area contributed by atoms with E-state index in [4.69, 9.17) is 36.3 Å². The maximum absolute atomic E-state index is 13.5. The van der Waals surface area contributed by atoms with Gasteiger partial charge in [-0.1, -0.05) is 29.8 Å². The Morgan fingerprint density at radius 3 is 2.37 bits per heavy atom. The zero-order valence-electron chi connectivity index (χ0n) is 23.9. The van der Waals surface area contributed by atoms with Crippen molar-refractivity contribution in [3.63, 3.8) is 0 Å². The van der Waals surface area contributed by atoms with E-state index in [1.54, 1.807) is 59.5 Å². The molecule has 1 saturated heterocycles. The van der Waals surface area contributed by atoms with Gasteiger partial charge in [0.15, 0.2) is 0 Å². The number of methoxy groups -OCH3 is 2. The number of para-hydroxylation sites is 1. The number of nitrogens with two attached hydrogens (primary N) is 1. The molecule has 11 nitrogen and oxygen atoms in total. The fourth-order valence-corrected chi connectivity index (χ4v) is 5.16. The summed E-state index contributed by atoms with van der Waals surface area (Å²) < 4.78 is 21.8. The number of primary amides is 1. The number of carbonyl (C=O) groups excluding carboxylic acids is 4. The number of esters is 2. The van der Waals surface area contributed by atoms with Crippen molar-refractivity contribution in [2.24, 2.45) is 5.73 Å². The van der Waals surface area contributed by atoms with Crippen LogP contribution in [0.3, 0.4) is 0 Å². The second kappa shape index (κ2) is 13.9. The van der Waals surface area contributed by atoms with Gasteiger partial charge in [0.2, 0.25) is 5.91 Å².